The Bertz CT molecular complexity index is 433. The molecule has 0 bridgehead atoms. The van der Waals surface area contributed by atoms with Gasteiger partial charge in [-0.05, 0) is 13.0 Å². The normalized spacial score (nSPS) is 10.8. The van der Waals surface area contributed by atoms with E-state index in [4.69, 9.17) is 17.3 Å². The molecule has 4 heteroatoms. The van der Waals surface area contributed by atoms with Crippen LogP contribution in [0.1, 0.15) is 5.69 Å². The molecule has 0 fully saturated rings. The molecule has 0 unspecified atom stereocenters. The Morgan fingerprint density at radius 3 is 3.08 bits per heavy atom. The summed E-state index contributed by atoms with van der Waals surface area (Å²) < 4.78 is 1.90. The molecule has 2 heterocycles. The van der Waals surface area contributed by atoms with Crippen molar-refractivity contribution in [1.82, 2.24) is 9.38 Å². The molecular formula is C8H8ClN3. The minimum Gasteiger partial charge on any atom is -0.394 e. The van der Waals surface area contributed by atoms with E-state index in [0.717, 1.165) is 11.3 Å². The Hall–Kier alpha value is -1.22. The third-order valence-corrected chi connectivity index (χ3v) is 2.18. The van der Waals surface area contributed by atoms with Crippen LogP contribution in [0, 0.1) is 6.92 Å². The summed E-state index contributed by atoms with van der Waals surface area (Å²) in [7, 11) is 0. The van der Waals surface area contributed by atoms with E-state index in [1.165, 1.54) is 0 Å². The SMILES string of the molecule is Cc1cnc2c(N)c(Cl)ccn12. The lowest BCUT2D eigenvalue weighted by Gasteiger charge is -2.00. The summed E-state index contributed by atoms with van der Waals surface area (Å²) in [6.07, 6.45) is 3.62. The van der Waals surface area contributed by atoms with E-state index < -0.39 is 0 Å². The van der Waals surface area contributed by atoms with Gasteiger partial charge in [-0.15, -0.1) is 0 Å². The van der Waals surface area contributed by atoms with Gasteiger partial charge in [0.1, 0.15) is 0 Å². The highest BCUT2D eigenvalue weighted by Crippen LogP contribution is 2.22. The number of nitrogen functional groups attached to an aromatic ring is 1. The summed E-state index contributed by atoms with van der Waals surface area (Å²) >= 11 is 5.82. The predicted molar refractivity (Wildman–Crippen MR) is 49.4 cm³/mol. The third kappa shape index (κ3) is 0.865. The second-order valence-electron chi connectivity index (χ2n) is 2.67. The van der Waals surface area contributed by atoms with Crippen LogP contribution in [-0.2, 0) is 0 Å². The monoisotopic (exact) mass is 181 g/mol. The van der Waals surface area contributed by atoms with Gasteiger partial charge in [0, 0.05) is 18.1 Å². The zero-order valence-electron chi connectivity index (χ0n) is 6.58. The number of halogens is 1. The van der Waals surface area contributed by atoms with Crippen LogP contribution in [0.4, 0.5) is 5.69 Å². The number of anilines is 1. The van der Waals surface area contributed by atoms with Crippen LogP contribution in [0.25, 0.3) is 5.65 Å². The van der Waals surface area contributed by atoms with E-state index in [1.807, 2.05) is 17.5 Å². The van der Waals surface area contributed by atoms with Crippen LogP contribution in [-0.4, -0.2) is 9.38 Å². The molecule has 0 aromatic carbocycles. The van der Waals surface area contributed by atoms with Gasteiger partial charge in [0.2, 0.25) is 0 Å². The quantitative estimate of drug-likeness (QED) is 0.675. The summed E-state index contributed by atoms with van der Waals surface area (Å²) in [5.41, 5.74) is 8.02. The molecule has 0 spiro atoms. The lowest BCUT2D eigenvalue weighted by atomic mass is 10.4. The molecule has 0 amide bonds. The van der Waals surface area contributed by atoms with Crippen LogP contribution in [0.2, 0.25) is 5.02 Å². The van der Waals surface area contributed by atoms with E-state index in [9.17, 15) is 0 Å². The molecule has 0 radical (unpaired) electrons. The summed E-state index contributed by atoms with van der Waals surface area (Å²) in [5.74, 6) is 0. The van der Waals surface area contributed by atoms with Gasteiger partial charge in [-0.3, -0.25) is 0 Å². The number of hydrogen-bond acceptors (Lipinski definition) is 2. The lowest BCUT2D eigenvalue weighted by Crippen LogP contribution is -1.94. The molecular weight excluding hydrogens is 174 g/mol. The lowest BCUT2D eigenvalue weighted by molar-refractivity contribution is 1.11. The van der Waals surface area contributed by atoms with Crippen LogP contribution in [0.15, 0.2) is 18.5 Å². The Morgan fingerprint density at radius 1 is 1.58 bits per heavy atom. The Morgan fingerprint density at radius 2 is 2.33 bits per heavy atom. The highest BCUT2D eigenvalue weighted by Gasteiger charge is 2.04. The molecule has 0 atom stereocenters. The van der Waals surface area contributed by atoms with Crippen LogP contribution in [0.3, 0.4) is 0 Å². The maximum Gasteiger partial charge on any atom is 0.161 e. The van der Waals surface area contributed by atoms with Crippen molar-refractivity contribution in [2.75, 3.05) is 5.73 Å². The summed E-state index contributed by atoms with van der Waals surface area (Å²) in [5, 5.41) is 0.549. The van der Waals surface area contributed by atoms with Gasteiger partial charge >= 0.3 is 0 Å². The topological polar surface area (TPSA) is 43.3 Å². The molecule has 2 rings (SSSR count). The Kier molecular flexibility index (Phi) is 1.48. The fourth-order valence-corrected chi connectivity index (χ4v) is 1.31. The molecule has 3 nitrogen and oxygen atoms in total. The van der Waals surface area contributed by atoms with Gasteiger partial charge in [0.25, 0.3) is 0 Å². The first-order valence-corrected chi connectivity index (χ1v) is 3.95. The first-order chi connectivity index (χ1) is 5.70. The molecule has 12 heavy (non-hydrogen) atoms. The fourth-order valence-electron chi connectivity index (χ4n) is 1.17. The van der Waals surface area contributed by atoms with Crippen molar-refractivity contribution >= 4 is 22.9 Å². The third-order valence-electron chi connectivity index (χ3n) is 1.85. The fraction of sp³-hybridized carbons (Fsp3) is 0.125. The smallest absolute Gasteiger partial charge is 0.161 e. The van der Waals surface area contributed by atoms with Crippen LogP contribution in [0.5, 0.6) is 0 Å². The number of pyridine rings is 1. The van der Waals surface area contributed by atoms with Gasteiger partial charge in [0.05, 0.1) is 10.7 Å². The molecule has 0 aliphatic heterocycles. The maximum absolute atomic E-state index is 5.82. The molecule has 0 aliphatic carbocycles. The number of nitrogens with zero attached hydrogens (tertiary/aromatic N) is 2. The summed E-state index contributed by atoms with van der Waals surface area (Å²) in [6, 6.07) is 1.76. The molecule has 2 aromatic heterocycles. The molecule has 0 saturated carbocycles. The number of fused-ring (bicyclic) bond motifs is 1. The van der Waals surface area contributed by atoms with Gasteiger partial charge in [-0.2, -0.15) is 0 Å². The number of aromatic nitrogens is 2. The van der Waals surface area contributed by atoms with Crippen molar-refractivity contribution in [1.29, 1.82) is 0 Å². The summed E-state index contributed by atoms with van der Waals surface area (Å²) in [4.78, 5) is 4.13. The average Bonchev–Trinajstić information content (AvgIpc) is 2.41. The second-order valence-corrected chi connectivity index (χ2v) is 3.08. The van der Waals surface area contributed by atoms with E-state index in [0.29, 0.717) is 10.7 Å². The van der Waals surface area contributed by atoms with Gasteiger partial charge in [0.15, 0.2) is 5.65 Å². The molecule has 2 N–H and O–H groups in total. The van der Waals surface area contributed by atoms with Gasteiger partial charge < -0.3 is 10.1 Å². The Balaban J connectivity index is 2.93. The highest BCUT2D eigenvalue weighted by atomic mass is 35.5. The maximum atomic E-state index is 5.82. The predicted octanol–water partition coefficient (Wildman–Crippen LogP) is 1.88. The molecule has 0 saturated heterocycles. The van der Waals surface area contributed by atoms with Crippen molar-refractivity contribution in [2.24, 2.45) is 0 Å². The number of nitrogens with two attached hydrogens (primary N) is 1. The minimum atomic E-state index is 0.535. The number of rotatable bonds is 0. The second kappa shape index (κ2) is 2.38. The number of imidazole rings is 1. The van der Waals surface area contributed by atoms with E-state index >= 15 is 0 Å². The van der Waals surface area contributed by atoms with Crippen molar-refractivity contribution < 1.29 is 0 Å². The zero-order valence-corrected chi connectivity index (χ0v) is 7.34. The molecule has 2 aromatic rings. The first-order valence-electron chi connectivity index (χ1n) is 3.58. The Labute approximate surface area is 74.8 Å². The van der Waals surface area contributed by atoms with E-state index in [-0.39, 0.29) is 0 Å². The van der Waals surface area contributed by atoms with E-state index in [1.54, 1.807) is 12.3 Å². The van der Waals surface area contributed by atoms with Crippen LogP contribution >= 0.6 is 11.6 Å². The van der Waals surface area contributed by atoms with Crippen molar-refractivity contribution in [3.8, 4) is 0 Å². The summed E-state index contributed by atoms with van der Waals surface area (Å²) in [6.45, 7) is 1.97. The van der Waals surface area contributed by atoms with Gasteiger partial charge in [-0.25, -0.2) is 4.98 Å². The number of aryl methyl sites for hydroxylation is 1. The average molecular weight is 182 g/mol. The van der Waals surface area contributed by atoms with Gasteiger partial charge in [-0.1, -0.05) is 11.6 Å². The minimum absolute atomic E-state index is 0.535. The zero-order chi connectivity index (χ0) is 8.72. The highest BCUT2D eigenvalue weighted by molar-refractivity contribution is 6.33. The van der Waals surface area contributed by atoms with Crippen molar-refractivity contribution in [2.45, 2.75) is 6.92 Å². The van der Waals surface area contributed by atoms with Crippen molar-refractivity contribution in [3.05, 3.63) is 29.2 Å². The first kappa shape index (κ1) is 7.43. The largest absolute Gasteiger partial charge is 0.394 e. The van der Waals surface area contributed by atoms with Crippen molar-refractivity contribution in [3.63, 3.8) is 0 Å². The van der Waals surface area contributed by atoms with Crippen LogP contribution < -0.4 is 5.73 Å². The standard InChI is InChI=1S/C8H8ClN3/c1-5-4-11-8-7(10)6(9)2-3-12(5)8/h2-4H,10H2,1H3. The van der Waals surface area contributed by atoms with E-state index in [2.05, 4.69) is 4.98 Å². The molecule has 62 valence electrons. The molecule has 0 aliphatic rings. The number of hydrogen-bond donors (Lipinski definition) is 1.